The zero-order valence-corrected chi connectivity index (χ0v) is 8.36. The van der Waals surface area contributed by atoms with E-state index in [0.29, 0.717) is 11.3 Å². The van der Waals surface area contributed by atoms with Crippen LogP contribution >= 0.6 is 11.3 Å². The largest absolute Gasteiger partial charge is 0.477 e. The second-order valence-electron chi connectivity index (χ2n) is 2.83. The van der Waals surface area contributed by atoms with Gasteiger partial charge in [0.1, 0.15) is 4.88 Å². The minimum atomic E-state index is -0.919. The van der Waals surface area contributed by atoms with E-state index in [1.165, 1.54) is 11.3 Å². The fourth-order valence-electron chi connectivity index (χ4n) is 1.02. The molecular formula is C8H9N3O2S. The SMILES string of the molecule is CC(Cc1ccc(C(=O)O)s1)N=[N+]=[N-]. The van der Waals surface area contributed by atoms with Crippen molar-refractivity contribution >= 4 is 17.3 Å². The van der Waals surface area contributed by atoms with Crippen LogP contribution in [0, 0.1) is 0 Å². The summed E-state index contributed by atoms with van der Waals surface area (Å²) in [7, 11) is 0. The molecule has 1 aromatic heterocycles. The molecule has 1 rings (SSSR count). The van der Waals surface area contributed by atoms with Crippen LogP contribution in [0.15, 0.2) is 17.2 Å². The first kappa shape index (κ1) is 10.6. The van der Waals surface area contributed by atoms with Crippen LogP contribution in [0.3, 0.4) is 0 Å². The van der Waals surface area contributed by atoms with Gasteiger partial charge in [-0.2, -0.15) is 0 Å². The monoisotopic (exact) mass is 211 g/mol. The van der Waals surface area contributed by atoms with Gasteiger partial charge in [0.15, 0.2) is 0 Å². The number of hydrogen-bond acceptors (Lipinski definition) is 3. The molecule has 0 aliphatic carbocycles. The van der Waals surface area contributed by atoms with Gasteiger partial charge in [0.25, 0.3) is 0 Å². The molecular weight excluding hydrogens is 202 g/mol. The van der Waals surface area contributed by atoms with Gasteiger partial charge < -0.3 is 5.11 Å². The number of hydrogen-bond donors (Lipinski definition) is 1. The van der Waals surface area contributed by atoms with Crippen molar-refractivity contribution in [3.63, 3.8) is 0 Å². The Morgan fingerprint density at radius 1 is 1.79 bits per heavy atom. The fraction of sp³-hybridized carbons (Fsp3) is 0.375. The summed E-state index contributed by atoms with van der Waals surface area (Å²) in [5.41, 5.74) is 8.18. The molecule has 0 saturated heterocycles. The van der Waals surface area contributed by atoms with Crippen LogP contribution in [0.4, 0.5) is 0 Å². The van der Waals surface area contributed by atoms with Crippen molar-refractivity contribution in [2.75, 3.05) is 0 Å². The Hall–Kier alpha value is -1.52. The number of thiophene rings is 1. The molecule has 1 atom stereocenters. The van der Waals surface area contributed by atoms with E-state index >= 15 is 0 Å². The van der Waals surface area contributed by atoms with Gasteiger partial charge in [-0.05, 0) is 24.1 Å². The molecule has 1 aromatic rings. The molecule has 0 fully saturated rings. The second kappa shape index (κ2) is 4.64. The molecule has 74 valence electrons. The molecule has 0 saturated carbocycles. The summed E-state index contributed by atoms with van der Waals surface area (Å²) in [5.74, 6) is -0.919. The minimum Gasteiger partial charge on any atom is -0.477 e. The fourth-order valence-corrected chi connectivity index (χ4v) is 1.99. The number of aromatic carboxylic acids is 1. The molecule has 6 heteroatoms. The average Bonchev–Trinajstić information content (AvgIpc) is 2.53. The highest BCUT2D eigenvalue weighted by Gasteiger charge is 2.08. The molecule has 0 spiro atoms. The van der Waals surface area contributed by atoms with E-state index in [4.69, 9.17) is 10.6 Å². The van der Waals surface area contributed by atoms with E-state index < -0.39 is 5.97 Å². The molecule has 1 unspecified atom stereocenters. The highest BCUT2D eigenvalue weighted by Crippen LogP contribution is 2.18. The van der Waals surface area contributed by atoms with Gasteiger partial charge in [0, 0.05) is 15.8 Å². The van der Waals surface area contributed by atoms with E-state index in [2.05, 4.69) is 10.0 Å². The van der Waals surface area contributed by atoms with E-state index in [1.54, 1.807) is 19.1 Å². The van der Waals surface area contributed by atoms with Crippen molar-refractivity contribution < 1.29 is 9.90 Å². The van der Waals surface area contributed by atoms with Crippen molar-refractivity contribution in [3.05, 3.63) is 32.3 Å². The summed E-state index contributed by atoms with van der Waals surface area (Å²) in [6, 6.07) is 3.17. The van der Waals surface area contributed by atoms with Gasteiger partial charge in [0.2, 0.25) is 0 Å². The lowest BCUT2D eigenvalue weighted by Gasteiger charge is -1.99. The third-order valence-electron chi connectivity index (χ3n) is 1.62. The van der Waals surface area contributed by atoms with Gasteiger partial charge in [0.05, 0.1) is 0 Å². The van der Waals surface area contributed by atoms with Gasteiger partial charge in [-0.1, -0.05) is 12.0 Å². The van der Waals surface area contributed by atoms with Crippen LogP contribution in [0.1, 0.15) is 21.5 Å². The van der Waals surface area contributed by atoms with E-state index in [-0.39, 0.29) is 6.04 Å². The minimum absolute atomic E-state index is 0.139. The quantitative estimate of drug-likeness (QED) is 0.471. The molecule has 0 amide bonds. The van der Waals surface area contributed by atoms with Crippen molar-refractivity contribution in [1.82, 2.24) is 0 Å². The number of azide groups is 1. The standard InChI is InChI=1S/C8H9N3O2S/c1-5(10-11-9)4-6-2-3-7(14-6)8(12)13/h2-3,5H,4H2,1H3,(H,12,13). The van der Waals surface area contributed by atoms with Crippen LogP contribution in [-0.2, 0) is 6.42 Å². The number of carbonyl (C=O) groups is 1. The van der Waals surface area contributed by atoms with Crippen LogP contribution in [-0.4, -0.2) is 17.1 Å². The lowest BCUT2D eigenvalue weighted by atomic mass is 10.2. The lowest BCUT2D eigenvalue weighted by Crippen LogP contribution is -1.99. The summed E-state index contributed by atoms with van der Waals surface area (Å²) in [6.07, 6.45) is 0.585. The molecule has 0 radical (unpaired) electrons. The first-order valence-electron chi connectivity index (χ1n) is 3.99. The van der Waals surface area contributed by atoms with Gasteiger partial charge >= 0.3 is 5.97 Å². The van der Waals surface area contributed by atoms with Crippen LogP contribution in [0.25, 0.3) is 10.4 Å². The number of carboxylic acid groups (broad SMARTS) is 1. The summed E-state index contributed by atoms with van der Waals surface area (Å²) in [4.78, 5) is 14.5. The molecule has 0 aliphatic rings. The van der Waals surface area contributed by atoms with E-state index in [1.807, 2.05) is 0 Å². The Labute approximate surface area is 84.6 Å². The predicted octanol–water partition coefficient (Wildman–Crippen LogP) is 2.69. The Kier molecular flexibility index (Phi) is 3.50. The molecule has 5 nitrogen and oxygen atoms in total. The topological polar surface area (TPSA) is 86.1 Å². The summed E-state index contributed by atoms with van der Waals surface area (Å²) >= 11 is 1.21. The van der Waals surface area contributed by atoms with Crippen LogP contribution in [0.2, 0.25) is 0 Å². The number of nitrogens with zero attached hydrogens (tertiary/aromatic N) is 3. The van der Waals surface area contributed by atoms with Crippen LogP contribution < -0.4 is 0 Å². The summed E-state index contributed by atoms with van der Waals surface area (Å²) in [5, 5.41) is 12.2. The van der Waals surface area contributed by atoms with Crippen molar-refractivity contribution in [2.24, 2.45) is 5.11 Å². The maximum absolute atomic E-state index is 10.6. The maximum Gasteiger partial charge on any atom is 0.345 e. The Morgan fingerprint density at radius 2 is 2.50 bits per heavy atom. The highest BCUT2D eigenvalue weighted by molar-refractivity contribution is 7.13. The third kappa shape index (κ3) is 2.76. The Bertz CT molecular complexity index is 382. The van der Waals surface area contributed by atoms with Crippen molar-refractivity contribution in [3.8, 4) is 0 Å². The molecule has 1 heterocycles. The van der Waals surface area contributed by atoms with Gasteiger partial charge in [-0.25, -0.2) is 4.79 Å². The smallest absolute Gasteiger partial charge is 0.345 e. The van der Waals surface area contributed by atoms with Crippen LogP contribution in [0.5, 0.6) is 0 Å². The zero-order valence-electron chi connectivity index (χ0n) is 7.54. The normalized spacial score (nSPS) is 11.8. The number of rotatable bonds is 4. The zero-order chi connectivity index (χ0) is 10.6. The first-order chi connectivity index (χ1) is 6.63. The van der Waals surface area contributed by atoms with E-state index in [0.717, 1.165) is 4.88 Å². The van der Waals surface area contributed by atoms with Crippen molar-refractivity contribution in [1.29, 1.82) is 0 Å². The van der Waals surface area contributed by atoms with Crippen molar-refractivity contribution in [2.45, 2.75) is 19.4 Å². The first-order valence-corrected chi connectivity index (χ1v) is 4.81. The molecule has 0 bridgehead atoms. The number of carboxylic acids is 1. The molecule has 1 N–H and O–H groups in total. The maximum atomic E-state index is 10.6. The molecule has 14 heavy (non-hydrogen) atoms. The van der Waals surface area contributed by atoms with E-state index in [9.17, 15) is 4.79 Å². The highest BCUT2D eigenvalue weighted by atomic mass is 32.1. The second-order valence-corrected chi connectivity index (χ2v) is 4.00. The third-order valence-corrected chi connectivity index (χ3v) is 2.71. The molecule has 0 aromatic carbocycles. The average molecular weight is 211 g/mol. The lowest BCUT2D eigenvalue weighted by molar-refractivity contribution is 0.0702. The van der Waals surface area contributed by atoms with Gasteiger partial charge in [-0.15, -0.1) is 11.3 Å². The predicted molar refractivity (Wildman–Crippen MR) is 53.6 cm³/mol. The summed E-state index contributed by atoms with van der Waals surface area (Å²) < 4.78 is 0. The van der Waals surface area contributed by atoms with Gasteiger partial charge in [-0.3, -0.25) is 0 Å². The Balaban J connectivity index is 2.68. The molecule has 0 aliphatic heterocycles. The summed E-state index contributed by atoms with van der Waals surface area (Å²) in [6.45, 7) is 1.79. The Morgan fingerprint density at radius 3 is 3.00 bits per heavy atom.